The van der Waals surface area contributed by atoms with Gasteiger partial charge in [-0.25, -0.2) is 0 Å². The van der Waals surface area contributed by atoms with Crippen LogP contribution in [0.15, 0.2) is 91.0 Å². The molecule has 2 nitrogen and oxygen atoms in total. The Morgan fingerprint density at radius 3 is 1.82 bits per heavy atom. The highest BCUT2D eigenvalue weighted by atomic mass is 16.5. The van der Waals surface area contributed by atoms with Gasteiger partial charge in [0.1, 0.15) is 5.75 Å². The zero-order chi connectivity index (χ0) is 19.8. The fraction of sp³-hybridized carbons (Fsp3) is 0.231. The van der Waals surface area contributed by atoms with Crippen LogP contribution in [0, 0.1) is 0 Å². The minimum absolute atomic E-state index is 0.609. The normalized spacial score (nSPS) is 13.9. The van der Waals surface area contributed by atoms with Gasteiger partial charge in [-0.05, 0) is 49.3 Å². The molecule has 3 rings (SSSR count). The molecule has 28 heavy (non-hydrogen) atoms. The van der Waals surface area contributed by atoms with Gasteiger partial charge in [0, 0.05) is 5.57 Å². The van der Waals surface area contributed by atoms with E-state index in [9.17, 15) is 0 Å². The number of nitrogens with zero attached hydrogens (tertiary/aromatic N) is 1. The Labute approximate surface area is 169 Å². The first-order valence-corrected chi connectivity index (χ1v) is 9.99. The lowest BCUT2D eigenvalue weighted by Gasteiger charge is -2.42. The molecule has 1 unspecified atom stereocenters. The lowest BCUT2D eigenvalue weighted by molar-refractivity contribution is -0.0142. The van der Waals surface area contributed by atoms with Crippen molar-refractivity contribution in [2.24, 2.45) is 0 Å². The van der Waals surface area contributed by atoms with Crippen LogP contribution in [-0.2, 0) is 0 Å². The predicted octanol–water partition coefficient (Wildman–Crippen LogP) is 6.36. The monoisotopic (exact) mass is 371 g/mol. The van der Waals surface area contributed by atoms with Gasteiger partial charge in [-0.15, -0.1) is 0 Å². The maximum absolute atomic E-state index is 6.69. The van der Waals surface area contributed by atoms with Crippen molar-refractivity contribution in [1.82, 2.24) is 4.90 Å². The predicted molar refractivity (Wildman–Crippen MR) is 119 cm³/mol. The van der Waals surface area contributed by atoms with E-state index in [-0.39, 0.29) is 0 Å². The SMILES string of the molecule is CCN(CC)C(C)(Oc1ccccc1)C(=Cc1ccccc1)c1ccccc1. The summed E-state index contributed by atoms with van der Waals surface area (Å²) >= 11 is 0. The molecule has 0 fully saturated rings. The van der Waals surface area contributed by atoms with Crippen molar-refractivity contribution in [1.29, 1.82) is 0 Å². The molecule has 0 amide bonds. The van der Waals surface area contributed by atoms with Crippen LogP contribution in [0.5, 0.6) is 5.75 Å². The first-order chi connectivity index (χ1) is 13.7. The van der Waals surface area contributed by atoms with Crippen LogP contribution >= 0.6 is 0 Å². The second-order valence-electron chi connectivity index (χ2n) is 6.91. The van der Waals surface area contributed by atoms with E-state index in [2.05, 4.69) is 86.3 Å². The van der Waals surface area contributed by atoms with Crippen molar-refractivity contribution >= 4 is 11.6 Å². The molecular weight excluding hydrogens is 342 g/mol. The van der Waals surface area contributed by atoms with E-state index in [4.69, 9.17) is 4.74 Å². The Morgan fingerprint density at radius 1 is 0.786 bits per heavy atom. The molecule has 2 heteroatoms. The molecule has 0 aliphatic rings. The molecule has 0 heterocycles. The fourth-order valence-electron chi connectivity index (χ4n) is 3.65. The maximum atomic E-state index is 6.69. The second-order valence-corrected chi connectivity index (χ2v) is 6.91. The fourth-order valence-corrected chi connectivity index (χ4v) is 3.65. The molecule has 0 N–H and O–H groups in total. The van der Waals surface area contributed by atoms with Gasteiger partial charge in [-0.3, -0.25) is 4.90 Å². The van der Waals surface area contributed by atoms with Crippen LogP contribution in [0.2, 0.25) is 0 Å². The molecule has 0 saturated carbocycles. The molecule has 0 radical (unpaired) electrons. The quantitative estimate of drug-likeness (QED) is 0.337. The van der Waals surface area contributed by atoms with Crippen LogP contribution in [0.4, 0.5) is 0 Å². The zero-order valence-electron chi connectivity index (χ0n) is 17.0. The van der Waals surface area contributed by atoms with E-state index in [1.165, 1.54) is 0 Å². The smallest absolute Gasteiger partial charge is 0.187 e. The van der Waals surface area contributed by atoms with Crippen molar-refractivity contribution in [3.8, 4) is 5.75 Å². The molecule has 1 atom stereocenters. The van der Waals surface area contributed by atoms with Gasteiger partial charge >= 0.3 is 0 Å². The average molecular weight is 372 g/mol. The Kier molecular flexibility index (Phi) is 6.67. The van der Waals surface area contributed by atoms with Gasteiger partial charge in [0.25, 0.3) is 0 Å². The molecule has 0 saturated heterocycles. The van der Waals surface area contributed by atoms with Gasteiger partial charge in [0.15, 0.2) is 5.72 Å². The van der Waals surface area contributed by atoms with E-state index in [0.717, 1.165) is 35.5 Å². The van der Waals surface area contributed by atoms with E-state index in [1.807, 2.05) is 36.4 Å². The van der Waals surface area contributed by atoms with Crippen LogP contribution in [0.1, 0.15) is 31.9 Å². The summed E-state index contributed by atoms with van der Waals surface area (Å²) in [7, 11) is 0. The van der Waals surface area contributed by atoms with Gasteiger partial charge in [-0.1, -0.05) is 92.7 Å². The summed E-state index contributed by atoms with van der Waals surface area (Å²) in [6.07, 6.45) is 2.25. The first kappa shape index (κ1) is 19.9. The van der Waals surface area contributed by atoms with Crippen LogP contribution in [0.3, 0.4) is 0 Å². The van der Waals surface area contributed by atoms with Crippen molar-refractivity contribution in [2.75, 3.05) is 13.1 Å². The van der Waals surface area contributed by atoms with Crippen molar-refractivity contribution in [3.63, 3.8) is 0 Å². The topological polar surface area (TPSA) is 12.5 Å². The third-order valence-corrected chi connectivity index (χ3v) is 5.12. The Morgan fingerprint density at radius 2 is 1.29 bits per heavy atom. The molecule has 0 spiro atoms. The average Bonchev–Trinajstić information content (AvgIpc) is 2.75. The number of ether oxygens (including phenoxy) is 1. The van der Waals surface area contributed by atoms with Crippen molar-refractivity contribution < 1.29 is 4.74 Å². The lowest BCUT2D eigenvalue weighted by atomic mass is 9.92. The summed E-state index contributed by atoms with van der Waals surface area (Å²) in [6, 6.07) is 31.1. The van der Waals surface area contributed by atoms with E-state index >= 15 is 0 Å². The highest BCUT2D eigenvalue weighted by Gasteiger charge is 2.37. The summed E-state index contributed by atoms with van der Waals surface area (Å²) in [5.41, 5.74) is 2.86. The van der Waals surface area contributed by atoms with Crippen LogP contribution < -0.4 is 4.74 Å². The van der Waals surface area contributed by atoms with E-state index in [0.29, 0.717) is 0 Å². The molecular formula is C26H29NO. The lowest BCUT2D eigenvalue weighted by Crippen LogP contribution is -2.51. The van der Waals surface area contributed by atoms with E-state index < -0.39 is 5.72 Å². The number of benzene rings is 3. The summed E-state index contributed by atoms with van der Waals surface area (Å²) in [5.74, 6) is 0.867. The molecule has 0 aromatic heterocycles. The van der Waals surface area contributed by atoms with Gasteiger partial charge < -0.3 is 4.74 Å². The molecule has 0 bridgehead atoms. The third-order valence-electron chi connectivity index (χ3n) is 5.12. The van der Waals surface area contributed by atoms with Crippen molar-refractivity contribution in [3.05, 3.63) is 102 Å². The number of rotatable bonds is 8. The Hall–Kier alpha value is -2.84. The second kappa shape index (κ2) is 9.38. The van der Waals surface area contributed by atoms with Crippen molar-refractivity contribution in [2.45, 2.75) is 26.5 Å². The Bertz CT molecular complexity index is 870. The summed E-state index contributed by atoms with van der Waals surface area (Å²) < 4.78 is 6.69. The van der Waals surface area contributed by atoms with Crippen LogP contribution in [-0.4, -0.2) is 23.7 Å². The summed E-state index contributed by atoms with van der Waals surface area (Å²) in [6.45, 7) is 8.31. The number of hydrogen-bond donors (Lipinski definition) is 0. The van der Waals surface area contributed by atoms with Gasteiger partial charge in [0.05, 0.1) is 0 Å². The number of hydrogen-bond acceptors (Lipinski definition) is 2. The molecule has 144 valence electrons. The number of likely N-dealkylation sites (N-methyl/N-ethyl adjacent to an activating group) is 1. The third kappa shape index (κ3) is 4.52. The van der Waals surface area contributed by atoms with Gasteiger partial charge in [0.2, 0.25) is 0 Å². The Balaban J connectivity index is 2.17. The summed E-state index contributed by atoms with van der Waals surface area (Å²) in [4.78, 5) is 2.36. The van der Waals surface area contributed by atoms with Crippen LogP contribution in [0.25, 0.3) is 11.6 Å². The molecule has 3 aromatic carbocycles. The minimum atomic E-state index is -0.609. The maximum Gasteiger partial charge on any atom is 0.187 e. The summed E-state index contributed by atoms with van der Waals surface area (Å²) in [5, 5.41) is 0. The van der Waals surface area contributed by atoms with E-state index in [1.54, 1.807) is 0 Å². The molecule has 0 aliphatic heterocycles. The van der Waals surface area contributed by atoms with Gasteiger partial charge in [-0.2, -0.15) is 0 Å². The largest absolute Gasteiger partial charge is 0.469 e. The first-order valence-electron chi connectivity index (χ1n) is 9.99. The number of para-hydroxylation sites is 1. The zero-order valence-corrected chi connectivity index (χ0v) is 17.0. The standard InChI is InChI=1S/C26H29NO/c1-4-27(5-2)26(3,28-24-19-13-8-14-20-24)25(23-17-11-7-12-18-23)21-22-15-9-6-10-16-22/h6-21H,4-5H2,1-3H3. The minimum Gasteiger partial charge on any atom is -0.469 e. The molecule has 0 aliphatic carbocycles. The molecule has 3 aromatic rings. The highest BCUT2D eigenvalue weighted by Crippen LogP contribution is 2.36. The highest BCUT2D eigenvalue weighted by molar-refractivity contribution is 5.86.